The molecule has 2 aromatic rings. The van der Waals surface area contributed by atoms with Crippen LogP contribution < -0.4 is 14.8 Å². The number of nitrogens with one attached hydrogen (secondary N) is 1. The minimum atomic E-state index is 0.554. The molecule has 1 aliphatic rings. The first-order chi connectivity index (χ1) is 9.72. The second kappa shape index (κ2) is 5.89. The molecule has 1 N–H and O–H groups in total. The van der Waals surface area contributed by atoms with Gasteiger partial charge in [0, 0.05) is 12.1 Å². The highest BCUT2D eigenvalue weighted by Gasteiger charge is 2.15. The van der Waals surface area contributed by atoms with Crippen LogP contribution in [0.15, 0.2) is 34.9 Å². The number of hydrogen-bond donors (Lipinski definition) is 1. The zero-order valence-electron chi connectivity index (χ0n) is 10.5. The van der Waals surface area contributed by atoms with Crippen molar-refractivity contribution in [2.45, 2.75) is 6.54 Å². The van der Waals surface area contributed by atoms with Crippen LogP contribution in [0.2, 0.25) is 5.02 Å². The SMILES string of the molecule is Clc1cc2c(cc1NCc1cccc(Br)n1)OCCO2. The van der Waals surface area contributed by atoms with Crippen molar-refractivity contribution < 1.29 is 9.47 Å². The highest BCUT2D eigenvalue weighted by atomic mass is 79.9. The van der Waals surface area contributed by atoms with Crippen molar-refractivity contribution in [3.05, 3.63) is 45.7 Å². The van der Waals surface area contributed by atoms with Gasteiger partial charge in [-0.05, 0) is 28.1 Å². The minimum absolute atomic E-state index is 0.554. The molecule has 3 rings (SSSR count). The number of aromatic nitrogens is 1. The van der Waals surface area contributed by atoms with Crippen LogP contribution in [-0.4, -0.2) is 18.2 Å². The molecular weight excluding hydrogens is 344 g/mol. The molecule has 0 saturated carbocycles. The molecule has 0 bridgehead atoms. The van der Waals surface area contributed by atoms with Gasteiger partial charge in [0.1, 0.15) is 17.8 Å². The third kappa shape index (κ3) is 2.99. The summed E-state index contributed by atoms with van der Waals surface area (Å²) in [5.41, 5.74) is 1.73. The van der Waals surface area contributed by atoms with Crippen molar-refractivity contribution in [1.29, 1.82) is 0 Å². The Morgan fingerprint density at radius 3 is 2.70 bits per heavy atom. The lowest BCUT2D eigenvalue weighted by atomic mass is 10.2. The molecule has 0 aliphatic carbocycles. The van der Waals surface area contributed by atoms with Gasteiger partial charge in [-0.1, -0.05) is 17.7 Å². The van der Waals surface area contributed by atoms with Gasteiger partial charge in [-0.2, -0.15) is 0 Å². The van der Waals surface area contributed by atoms with E-state index in [4.69, 9.17) is 21.1 Å². The molecular formula is C14H12BrClN2O2. The van der Waals surface area contributed by atoms with Crippen molar-refractivity contribution in [3.63, 3.8) is 0 Å². The number of ether oxygens (including phenoxy) is 2. The summed E-state index contributed by atoms with van der Waals surface area (Å²) in [6, 6.07) is 9.41. The van der Waals surface area contributed by atoms with Crippen LogP contribution in [0.1, 0.15) is 5.69 Å². The molecule has 0 saturated heterocycles. The number of rotatable bonds is 3. The van der Waals surface area contributed by atoms with Crippen LogP contribution in [0.25, 0.3) is 0 Å². The summed E-state index contributed by atoms with van der Waals surface area (Å²) in [5.74, 6) is 1.40. The quantitative estimate of drug-likeness (QED) is 0.849. The standard InChI is InChI=1S/C14H12BrClN2O2/c15-14-3-1-2-9(18-14)8-17-11-7-13-12(6-10(11)16)19-4-5-20-13/h1-3,6-7,17H,4-5,8H2. The molecule has 1 aromatic carbocycles. The van der Waals surface area contributed by atoms with Gasteiger partial charge >= 0.3 is 0 Å². The fraction of sp³-hybridized carbons (Fsp3) is 0.214. The van der Waals surface area contributed by atoms with Crippen LogP contribution in [0.3, 0.4) is 0 Å². The number of nitrogens with zero attached hydrogens (tertiary/aromatic N) is 1. The maximum absolute atomic E-state index is 6.23. The summed E-state index contributed by atoms with van der Waals surface area (Å²) in [5, 5.41) is 3.86. The average Bonchev–Trinajstić information content (AvgIpc) is 2.45. The molecule has 20 heavy (non-hydrogen) atoms. The third-order valence-corrected chi connectivity index (χ3v) is 3.62. The molecule has 6 heteroatoms. The first kappa shape index (κ1) is 13.5. The number of pyridine rings is 1. The van der Waals surface area contributed by atoms with E-state index < -0.39 is 0 Å². The summed E-state index contributed by atoms with van der Waals surface area (Å²) >= 11 is 9.58. The molecule has 104 valence electrons. The van der Waals surface area contributed by atoms with Gasteiger partial charge in [0.15, 0.2) is 11.5 Å². The molecule has 0 unspecified atom stereocenters. The Labute approximate surface area is 130 Å². The summed E-state index contributed by atoms with van der Waals surface area (Å²) in [4.78, 5) is 4.36. The number of hydrogen-bond acceptors (Lipinski definition) is 4. The zero-order chi connectivity index (χ0) is 13.9. The van der Waals surface area contributed by atoms with Crippen LogP contribution in [0, 0.1) is 0 Å². The molecule has 1 aromatic heterocycles. The van der Waals surface area contributed by atoms with Crippen molar-refractivity contribution in [2.75, 3.05) is 18.5 Å². The van der Waals surface area contributed by atoms with Gasteiger partial charge in [-0.25, -0.2) is 4.98 Å². The topological polar surface area (TPSA) is 43.4 Å². The summed E-state index contributed by atoms with van der Waals surface area (Å²) in [6.45, 7) is 1.69. The number of fused-ring (bicyclic) bond motifs is 1. The molecule has 0 spiro atoms. The van der Waals surface area contributed by atoms with Gasteiger partial charge in [0.05, 0.1) is 22.9 Å². The Kier molecular flexibility index (Phi) is 3.98. The Bertz CT molecular complexity index is 637. The van der Waals surface area contributed by atoms with Crippen molar-refractivity contribution in [3.8, 4) is 11.5 Å². The Morgan fingerprint density at radius 1 is 1.20 bits per heavy atom. The number of anilines is 1. The predicted molar refractivity (Wildman–Crippen MR) is 81.7 cm³/mol. The first-order valence-electron chi connectivity index (χ1n) is 6.17. The number of benzene rings is 1. The monoisotopic (exact) mass is 354 g/mol. The number of halogens is 2. The van der Waals surface area contributed by atoms with E-state index >= 15 is 0 Å². The molecule has 0 atom stereocenters. The van der Waals surface area contributed by atoms with Crippen LogP contribution in [0.4, 0.5) is 5.69 Å². The zero-order valence-corrected chi connectivity index (χ0v) is 12.9. The van der Waals surface area contributed by atoms with Crippen molar-refractivity contribution in [1.82, 2.24) is 4.98 Å². The van der Waals surface area contributed by atoms with E-state index in [0.29, 0.717) is 36.3 Å². The maximum atomic E-state index is 6.23. The Morgan fingerprint density at radius 2 is 1.95 bits per heavy atom. The molecule has 0 radical (unpaired) electrons. The Hall–Kier alpha value is -1.46. The van der Waals surface area contributed by atoms with E-state index in [1.165, 1.54) is 0 Å². The second-order valence-corrected chi connectivity index (χ2v) is 5.50. The lowest BCUT2D eigenvalue weighted by Crippen LogP contribution is -2.15. The lowest BCUT2D eigenvalue weighted by Gasteiger charge is -2.20. The molecule has 0 amide bonds. The van der Waals surface area contributed by atoms with E-state index in [0.717, 1.165) is 16.0 Å². The van der Waals surface area contributed by atoms with E-state index in [9.17, 15) is 0 Å². The fourth-order valence-corrected chi connectivity index (χ4v) is 2.53. The second-order valence-electron chi connectivity index (χ2n) is 4.28. The van der Waals surface area contributed by atoms with E-state index in [-0.39, 0.29) is 0 Å². The van der Waals surface area contributed by atoms with Crippen LogP contribution in [0.5, 0.6) is 11.5 Å². The van der Waals surface area contributed by atoms with Crippen LogP contribution >= 0.6 is 27.5 Å². The van der Waals surface area contributed by atoms with Crippen molar-refractivity contribution in [2.24, 2.45) is 0 Å². The third-order valence-electron chi connectivity index (χ3n) is 2.86. The molecule has 4 nitrogen and oxygen atoms in total. The highest BCUT2D eigenvalue weighted by Crippen LogP contribution is 2.38. The summed E-state index contributed by atoms with van der Waals surface area (Å²) in [7, 11) is 0. The highest BCUT2D eigenvalue weighted by molar-refractivity contribution is 9.10. The lowest BCUT2D eigenvalue weighted by molar-refractivity contribution is 0.171. The summed E-state index contributed by atoms with van der Waals surface area (Å²) < 4.78 is 11.8. The maximum Gasteiger partial charge on any atom is 0.163 e. The van der Waals surface area contributed by atoms with Gasteiger partial charge in [0.2, 0.25) is 0 Å². The van der Waals surface area contributed by atoms with Crippen molar-refractivity contribution >= 4 is 33.2 Å². The smallest absolute Gasteiger partial charge is 0.163 e. The largest absolute Gasteiger partial charge is 0.486 e. The van der Waals surface area contributed by atoms with Gasteiger partial charge in [-0.15, -0.1) is 0 Å². The predicted octanol–water partition coefficient (Wildman–Crippen LogP) is 3.88. The molecule has 0 fully saturated rings. The molecule has 2 heterocycles. The van der Waals surface area contributed by atoms with Gasteiger partial charge in [0.25, 0.3) is 0 Å². The van der Waals surface area contributed by atoms with Crippen LogP contribution in [-0.2, 0) is 6.54 Å². The summed E-state index contributed by atoms with van der Waals surface area (Å²) in [6.07, 6.45) is 0. The minimum Gasteiger partial charge on any atom is -0.486 e. The Balaban J connectivity index is 1.77. The average molecular weight is 356 g/mol. The molecule has 1 aliphatic heterocycles. The fourth-order valence-electron chi connectivity index (χ4n) is 1.93. The first-order valence-corrected chi connectivity index (χ1v) is 7.34. The van der Waals surface area contributed by atoms with E-state index in [1.807, 2.05) is 24.3 Å². The van der Waals surface area contributed by atoms with Gasteiger partial charge in [-0.3, -0.25) is 0 Å². The normalized spacial score (nSPS) is 13.1. The van der Waals surface area contributed by atoms with E-state index in [1.54, 1.807) is 6.07 Å². The van der Waals surface area contributed by atoms with E-state index in [2.05, 4.69) is 26.2 Å². The van der Waals surface area contributed by atoms with Gasteiger partial charge < -0.3 is 14.8 Å².